The minimum Gasteiger partial charge on any atom is -0.344 e. The number of hydrogen-bond acceptors (Lipinski definition) is 3. The molecule has 0 unspecified atom stereocenters. The summed E-state index contributed by atoms with van der Waals surface area (Å²) in [4.78, 5) is 41.2. The zero-order valence-electron chi connectivity index (χ0n) is 18.2. The van der Waals surface area contributed by atoms with Gasteiger partial charge in [0, 0.05) is 49.6 Å². The van der Waals surface area contributed by atoms with Crippen LogP contribution in [0.3, 0.4) is 0 Å². The highest BCUT2D eigenvalue weighted by Gasteiger charge is 2.30. The summed E-state index contributed by atoms with van der Waals surface area (Å²) in [6.45, 7) is 7.29. The smallest absolute Gasteiger partial charge is 0.253 e. The van der Waals surface area contributed by atoms with Crippen LogP contribution in [0.1, 0.15) is 34.0 Å². The predicted molar refractivity (Wildman–Crippen MR) is 124 cm³/mol. The number of benzene rings is 2. The minimum absolute atomic E-state index is 0.0339. The topological polar surface area (TPSA) is 69.7 Å². The van der Waals surface area contributed by atoms with E-state index in [0.717, 1.165) is 21.2 Å². The van der Waals surface area contributed by atoms with Crippen molar-refractivity contribution in [1.29, 1.82) is 0 Å². The molecule has 0 saturated carbocycles. The van der Waals surface area contributed by atoms with Gasteiger partial charge in [0.15, 0.2) is 0 Å². The molecule has 6 nitrogen and oxygen atoms in total. The second-order valence-corrected chi connectivity index (χ2v) is 8.93. The van der Waals surface area contributed by atoms with E-state index in [1.807, 2.05) is 38.1 Å². The second kappa shape index (κ2) is 10.1. The zero-order valence-corrected chi connectivity index (χ0v) is 19.7. The molecule has 1 fully saturated rings. The van der Waals surface area contributed by atoms with Crippen LogP contribution < -0.4 is 5.32 Å². The number of aryl methyl sites for hydroxylation is 2. The summed E-state index contributed by atoms with van der Waals surface area (Å²) in [5.74, 6) is -0.368. The van der Waals surface area contributed by atoms with Crippen molar-refractivity contribution in [3.63, 3.8) is 0 Å². The fourth-order valence-electron chi connectivity index (χ4n) is 3.81. The monoisotopic (exact) mass is 485 g/mol. The van der Waals surface area contributed by atoms with Crippen LogP contribution >= 0.6 is 15.9 Å². The highest BCUT2D eigenvalue weighted by Crippen LogP contribution is 2.16. The number of carbonyl (C=O) groups excluding carboxylic acids is 3. The molecule has 1 aliphatic heterocycles. The van der Waals surface area contributed by atoms with Crippen LogP contribution in [0.4, 0.5) is 0 Å². The van der Waals surface area contributed by atoms with Gasteiger partial charge in [-0.2, -0.15) is 0 Å². The van der Waals surface area contributed by atoms with E-state index in [4.69, 9.17) is 0 Å². The molecule has 0 aliphatic carbocycles. The average Bonchev–Trinajstić information content (AvgIpc) is 2.75. The van der Waals surface area contributed by atoms with Crippen LogP contribution in [0.2, 0.25) is 0 Å². The molecule has 1 atom stereocenters. The Balaban J connectivity index is 1.66. The Labute approximate surface area is 191 Å². The average molecular weight is 486 g/mol. The third kappa shape index (κ3) is 5.94. The first-order valence-electron chi connectivity index (χ1n) is 10.4. The number of nitrogens with one attached hydrogen (secondary N) is 1. The summed E-state index contributed by atoms with van der Waals surface area (Å²) >= 11 is 3.38. The number of piperazine rings is 1. The fourth-order valence-corrected chi connectivity index (χ4v) is 4.08. The van der Waals surface area contributed by atoms with Gasteiger partial charge in [0.05, 0.1) is 0 Å². The summed E-state index contributed by atoms with van der Waals surface area (Å²) in [6.07, 6.45) is 0.448. The molecule has 164 valence electrons. The highest BCUT2D eigenvalue weighted by molar-refractivity contribution is 9.10. The molecule has 1 aliphatic rings. The van der Waals surface area contributed by atoms with E-state index in [-0.39, 0.29) is 17.7 Å². The molecule has 0 radical (unpaired) electrons. The predicted octanol–water partition coefficient (Wildman–Crippen LogP) is 3.10. The van der Waals surface area contributed by atoms with Gasteiger partial charge in [-0.3, -0.25) is 14.4 Å². The molecule has 0 aromatic heterocycles. The lowest BCUT2D eigenvalue weighted by atomic mass is 9.98. The lowest BCUT2D eigenvalue weighted by Crippen LogP contribution is -2.56. The van der Waals surface area contributed by atoms with Crippen molar-refractivity contribution in [2.75, 3.05) is 26.2 Å². The molecule has 3 amide bonds. The van der Waals surface area contributed by atoms with E-state index >= 15 is 0 Å². The van der Waals surface area contributed by atoms with Crippen LogP contribution in [0, 0.1) is 13.8 Å². The van der Waals surface area contributed by atoms with E-state index in [9.17, 15) is 14.4 Å². The van der Waals surface area contributed by atoms with Crippen molar-refractivity contribution in [2.24, 2.45) is 0 Å². The van der Waals surface area contributed by atoms with Gasteiger partial charge in [-0.1, -0.05) is 39.7 Å². The molecule has 2 aromatic rings. The molecule has 7 heteroatoms. The fraction of sp³-hybridized carbons (Fsp3) is 0.375. The lowest BCUT2D eigenvalue weighted by molar-refractivity contribution is -0.137. The van der Waals surface area contributed by atoms with Crippen molar-refractivity contribution in [3.8, 4) is 0 Å². The molecule has 1 N–H and O–H groups in total. The quantitative estimate of drug-likeness (QED) is 0.707. The Morgan fingerprint density at radius 2 is 1.58 bits per heavy atom. The molecule has 31 heavy (non-hydrogen) atoms. The van der Waals surface area contributed by atoms with Gasteiger partial charge in [-0.05, 0) is 49.2 Å². The zero-order chi connectivity index (χ0) is 22.5. The third-order valence-electron chi connectivity index (χ3n) is 5.57. The highest BCUT2D eigenvalue weighted by atomic mass is 79.9. The Hall–Kier alpha value is -2.67. The molecular formula is C24H28BrN3O3. The van der Waals surface area contributed by atoms with Crippen molar-refractivity contribution in [3.05, 3.63) is 69.2 Å². The lowest BCUT2D eigenvalue weighted by Gasteiger charge is -2.36. The third-order valence-corrected chi connectivity index (χ3v) is 6.10. The summed E-state index contributed by atoms with van der Waals surface area (Å²) < 4.78 is 0.923. The van der Waals surface area contributed by atoms with Crippen LogP contribution in [0.5, 0.6) is 0 Å². The van der Waals surface area contributed by atoms with Crippen molar-refractivity contribution in [2.45, 2.75) is 33.2 Å². The molecule has 1 saturated heterocycles. The van der Waals surface area contributed by atoms with Crippen LogP contribution in [-0.4, -0.2) is 59.7 Å². The number of amides is 3. The van der Waals surface area contributed by atoms with E-state index < -0.39 is 6.04 Å². The van der Waals surface area contributed by atoms with Crippen LogP contribution in [0.25, 0.3) is 0 Å². The second-order valence-electron chi connectivity index (χ2n) is 8.01. The van der Waals surface area contributed by atoms with Crippen molar-refractivity contribution < 1.29 is 14.4 Å². The Bertz CT molecular complexity index is 967. The molecule has 2 aromatic carbocycles. The van der Waals surface area contributed by atoms with E-state index in [1.165, 1.54) is 6.92 Å². The van der Waals surface area contributed by atoms with Gasteiger partial charge in [-0.15, -0.1) is 0 Å². The summed E-state index contributed by atoms with van der Waals surface area (Å²) in [6, 6.07) is 12.8. The van der Waals surface area contributed by atoms with Crippen LogP contribution in [0.15, 0.2) is 46.9 Å². The molecule has 3 rings (SSSR count). The van der Waals surface area contributed by atoms with Gasteiger partial charge in [0.25, 0.3) is 5.91 Å². The molecule has 0 spiro atoms. The van der Waals surface area contributed by atoms with Gasteiger partial charge in [-0.25, -0.2) is 0 Å². The first-order valence-corrected chi connectivity index (χ1v) is 11.2. The summed E-state index contributed by atoms with van der Waals surface area (Å²) in [5.41, 5.74) is 3.90. The number of nitrogens with zero attached hydrogens (tertiary/aromatic N) is 2. The SMILES string of the molecule is CC(=O)N[C@@H](Cc1cc(C)ccc1C)C(=O)N1CCN(C(=O)c2ccc(Br)cc2)CC1. The normalized spacial score (nSPS) is 14.8. The van der Waals surface area contributed by atoms with Gasteiger partial charge >= 0.3 is 0 Å². The van der Waals surface area contributed by atoms with Crippen LogP contribution in [-0.2, 0) is 16.0 Å². The van der Waals surface area contributed by atoms with Gasteiger partial charge in [0.1, 0.15) is 6.04 Å². The first-order chi connectivity index (χ1) is 14.7. The molecular weight excluding hydrogens is 458 g/mol. The molecule has 0 bridgehead atoms. The Morgan fingerprint density at radius 3 is 2.19 bits per heavy atom. The molecule has 1 heterocycles. The number of hydrogen-bond donors (Lipinski definition) is 1. The Kier molecular flexibility index (Phi) is 7.49. The minimum atomic E-state index is -0.619. The van der Waals surface area contributed by atoms with E-state index in [1.54, 1.807) is 21.9 Å². The standard InChI is InChI=1S/C24H28BrN3O3/c1-16-4-5-17(2)20(14-16)15-22(26-18(3)29)24(31)28-12-10-27(11-13-28)23(30)19-6-8-21(25)9-7-19/h4-9,14,22H,10-13,15H2,1-3H3,(H,26,29)/t22-/m0/s1. The summed E-state index contributed by atoms with van der Waals surface area (Å²) in [5, 5.41) is 2.82. The number of carbonyl (C=O) groups is 3. The maximum absolute atomic E-state index is 13.2. The van der Waals surface area contributed by atoms with Gasteiger partial charge < -0.3 is 15.1 Å². The summed E-state index contributed by atoms with van der Waals surface area (Å²) in [7, 11) is 0. The van der Waals surface area contributed by atoms with E-state index in [0.29, 0.717) is 38.2 Å². The number of rotatable bonds is 5. The van der Waals surface area contributed by atoms with E-state index in [2.05, 4.69) is 27.3 Å². The Morgan fingerprint density at radius 1 is 0.968 bits per heavy atom. The van der Waals surface area contributed by atoms with Gasteiger partial charge in [0.2, 0.25) is 11.8 Å². The first kappa shape index (κ1) is 23.0. The maximum Gasteiger partial charge on any atom is 0.253 e. The number of halogens is 1. The van der Waals surface area contributed by atoms with Crippen molar-refractivity contribution in [1.82, 2.24) is 15.1 Å². The van der Waals surface area contributed by atoms with Crippen molar-refractivity contribution >= 4 is 33.7 Å². The maximum atomic E-state index is 13.2. The largest absolute Gasteiger partial charge is 0.344 e.